The third kappa shape index (κ3) is 3.91. The molecule has 0 radical (unpaired) electrons. The van der Waals surface area contributed by atoms with Crippen molar-refractivity contribution in [1.29, 1.82) is 0 Å². The van der Waals surface area contributed by atoms with Gasteiger partial charge in [-0.15, -0.1) is 0 Å². The summed E-state index contributed by atoms with van der Waals surface area (Å²) >= 11 is 0. The molecule has 2 fully saturated rings. The highest BCUT2D eigenvalue weighted by Crippen LogP contribution is 2.21. The topological polar surface area (TPSA) is 93.0 Å². The number of carbonyl (C=O) groups excluding carboxylic acids is 1. The molecule has 2 aliphatic heterocycles. The second kappa shape index (κ2) is 7.63. The van der Waals surface area contributed by atoms with Crippen LogP contribution in [0, 0.1) is 12.8 Å². The normalized spacial score (nSPS) is 25.3. The Hall–Kier alpha value is -1.77. The highest BCUT2D eigenvalue weighted by atomic mass is 16.3. The van der Waals surface area contributed by atoms with Crippen LogP contribution in [0.25, 0.3) is 0 Å². The maximum atomic E-state index is 12.7. The molecule has 0 bridgehead atoms. The summed E-state index contributed by atoms with van der Waals surface area (Å²) in [4.78, 5) is 27.7. The molecule has 138 valence electrons. The second-order valence-electron chi connectivity index (χ2n) is 7.01. The number of β-amino-alcohol motifs (C(OH)–C–C–N with tert-alkyl or cyclic N) is 1. The predicted octanol–water partition coefficient (Wildman–Crippen LogP) is -0.648. The molecule has 1 aromatic rings. The molecule has 0 aliphatic carbocycles. The number of likely N-dealkylation sites (N-methyl/N-ethyl adjacent to an activating group) is 1. The van der Waals surface area contributed by atoms with Crippen LogP contribution in [0.15, 0.2) is 6.20 Å². The zero-order chi connectivity index (χ0) is 18.0. The molecular weight excluding hydrogens is 322 g/mol. The first-order valence-corrected chi connectivity index (χ1v) is 8.85. The summed E-state index contributed by atoms with van der Waals surface area (Å²) in [5, 5.41) is 19.3. The van der Waals surface area contributed by atoms with Crippen LogP contribution in [-0.4, -0.2) is 94.9 Å². The molecular formula is C17H27N5O3. The average molecular weight is 349 g/mol. The van der Waals surface area contributed by atoms with Crippen molar-refractivity contribution >= 4 is 11.9 Å². The van der Waals surface area contributed by atoms with Gasteiger partial charge in [-0.2, -0.15) is 0 Å². The molecule has 8 nitrogen and oxygen atoms in total. The van der Waals surface area contributed by atoms with Gasteiger partial charge < -0.3 is 24.9 Å². The van der Waals surface area contributed by atoms with Gasteiger partial charge in [0.2, 0.25) is 5.95 Å². The van der Waals surface area contributed by atoms with Crippen LogP contribution in [0.2, 0.25) is 0 Å². The van der Waals surface area contributed by atoms with Gasteiger partial charge in [-0.3, -0.25) is 4.79 Å². The number of hydrogen-bond donors (Lipinski definition) is 2. The van der Waals surface area contributed by atoms with Gasteiger partial charge in [-0.1, -0.05) is 0 Å². The van der Waals surface area contributed by atoms with Crippen LogP contribution in [0.3, 0.4) is 0 Å². The Kier molecular flexibility index (Phi) is 5.51. The Labute approximate surface area is 148 Å². The Morgan fingerprint density at radius 1 is 1.28 bits per heavy atom. The van der Waals surface area contributed by atoms with Crippen molar-refractivity contribution in [2.75, 3.05) is 57.8 Å². The summed E-state index contributed by atoms with van der Waals surface area (Å²) in [6.45, 7) is 6.25. The monoisotopic (exact) mass is 349 g/mol. The SMILES string of the molecule is Cc1nc(N2CCN(C)CC2)ncc1C(=O)N1CC[C@@H](CO)[C@H](O)C1. The summed E-state index contributed by atoms with van der Waals surface area (Å²) in [6, 6.07) is 0. The number of aromatic nitrogens is 2. The third-order valence-electron chi connectivity index (χ3n) is 5.23. The fourth-order valence-corrected chi connectivity index (χ4v) is 3.37. The first-order chi connectivity index (χ1) is 12.0. The van der Waals surface area contributed by atoms with Crippen molar-refractivity contribution in [1.82, 2.24) is 19.8 Å². The first-order valence-electron chi connectivity index (χ1n) is 8.85. The van der Waals surface area contributed by atoms with Crippen LogP contribution in [0.1, 0.15) is 22.5 Å². The van der Waals surface area contributed by atoms with E-state index in [1.54, 1.807) is 11.1 Å². The predicted molar refractivity (Wildman–Crippen MR) is 93.6 cm³/mol. The summed E-state index contributed by atoms with van der Waals surface area (Å²) in [7, 11) is 2.10. The Balaban J connectivity index is 1.69. The molecule has 3 rings (SSSR count). The standard InChI is InChI=1S/C17H27N5O3/c1-12-14(16(25)22-4-3-13(11-23)15(24)10-22)9-18-17(19-12)21-7-5-20(2)6-8-21/h9,13,15,23-24H,3-8,10-11H2,1-2H3/t13-,15+/m0/s1. The number of piperidine rings is 1. The number of aryl methyl sites for hydroxylation is 1. The molecule has 2 saturated heterocycles. The van der Waals surface area contributed by atoms with Gasteiger partial charge in [-0.25, -0.2) is 9.97 Å². The number of aliphatic hydroxyl groups excluding tert-OH is 2. The lowest BCUT2D eigenvalue weighted by molar-refractivity contribution is 0.000808. The third-order valence-corrected chi connectivity index (χ3v) is 5.23. The summed E-state index contributed by atoms with van der Waals surface area (Å²) in [5.41, 5.74) is 1.14. The number of rotatable bonds is 3. The van der Waals surface area contributed by atoms with E-state index in [0.29, 0.717) is 30.2 Å². The quantitative estimate of drug-likeness (QED) is 0.749. The van der Waals surface area contributed by atoms with Gasteiger partial charge in [0.25, 0.3) is 5.91 Å². The average Bonchev–Trinajstić information content (AvgIpc) is 2.61. The van der Waals surface area contributed by atoms with Crippen LogP contribution >= 0.6 is 0 Å². The molecule has 0 saturated carbocycles. The molecule has 2 atom stereocenters. The minimum atomic E-state index is -0.687. The maximum absolute atomic E-state index is 12.7. The van der Waals surface area contributed by atoms with Crippen LogP contribution in [0.5, 0.6) is 0 Å². The van der Waals surface area contributed by atoms with E-state index in [1.165, 1.54) is 0 Å². The summed E-state index contributed by atoms with van der Waals surface area (Å²) in [5.74, 6) is 0.361. The highest BCUT2D eigenvalue weighted by Gasteiger charge is 2.31. The molecule has 25 heavy (non-hydrogen) atoms. The molecule has 0 aromatic carbocycles. The van der Waals surface area contributed by atoms with Crippen LogP contribution in [0.4, 0.5) is 5.95 Å². The fraction of sp³-hybridized carbons (Fsp3) is 0.706. The van der Waals surface area contributed by atoms with Crippen molar-refractivity contribution in [3.8, 4) is 0 Å². The summed E-state index contributed by atoms with van der Waals surface area (Å²) < 4.78 is 0. The number of anilines is 1. The Morgan fingerprint density at radius 2 is 2.00 bits per heavy atom. The van der Waals surface area contributed by atoms with E-state index in [-0.39, 0.29) is 25.0 Å². The van der Waals surface area contributed by atoms with E-state index < -0.39 is 6.10 Å². The van der Waals surface area contributed by atoms with Gasteiger partial charge in [-0.05, 0) is 20.4 Å². The molecule has 2 aliphatic rings. The van der Waals surface area contributed by atoms with Crippen molar-refractivity contribution in [3.63, 3.8) is 0 Å². The second-order valence-corrected chi connectivity index (χ2v) is 7.01. The number of hydrogen-bond acceptors (Lipinski definition) is 7. The van der Waals surface area contributed by atoms with Crippen molar-refractivity contribution in [3.05, 3.63) is 17.5 Å². The van der Waals surface area contributed by atoms with Crippen LogP contribution < -0.4 is 4.90 Å². The van der Waals surface area contributed by atoms with Gasteiger partial charge in [0.05, 0.1) is 17.4 Å². The largest absolute Gasteiger partial charge is 0.396 e. The molecule has 1 aromatic heterocycles. The number of likely N-dealkylation sites (tertiary alicyclic amines) is 1. The smallest absolute Gasteiger partial charge is 0.257 e. The summed E-state index contributed by atoms with van der Waals surface area (Å²) in [6.07, 6.45) is 1.51. The lowest BCUT2D eigenvalue weighted by Crippen LogP contribution is -2.48. The lowest BCUT2D eigenvalue weighted by atomic mass is 9.94. The minimum Gasteiger partial charge on any atom is -0.396 e. The zero-order valence-electron chi connectivity index (χ0n) is 14.9. The molecule has 0 unspecified atom stereocenters. The number of amides is 1. The Morgan fingerprint density at radius 3 is 2.60 bits per heavy atom. The first kappa shape index (κ1) is 18.0. The van der Waals surface area contributed by atoms with Gasteiger partial charge in [0.15, 0.2) is 0 Å². The van der Waals surface area contributed by atoms with Crippen molar-refractivity contribution in [2.45, 2.75) is 19.4 Å². The number of aliphatic hydroxyl groups is 2. The molecule has 1 amide bonds. The highest BCUT2D eigenvalue weighted by molar-refractivity contribution is 5.95. The van der Waals surface area contributed by atoms with Crippen molar-refractivity contribution in [2.24, 2.45) is 5.92 Å². The molecule has 2 N–H and O–H groups in total. The van der Waals surface area contributed by atoms with Crippen molar-refractivity contribution < 1.29 is 15.0 Å². The van der Waals surface area contributed by atoms with E-state index in [9.17, 15) is 15.0 Å². The zero-order valence-corrected chi connectivity index (χ0v) is 14.9. The van der Waals surface area contributed by atoms with E-state index >= 15 is 0 Å². The van der Waals surface area contributed by atoms with E-state index in [2.05, 4.69) is 26.8 Å². The number of nitrogens with zero attached hydrogens (tertiary/aromatic N) is 5. The lowest BCUT2D eigenvalue weighted by Gasteiger charge is -2.35. The van der Waals surface area contributed by atoms with Gasteiger partial charge >= 0.3 is 0 Å². The minimum absolute atomic E-state index is 0.0505. The molecule has 3 heterocycles. The fourth-order valence-electron chi connectivity index (χ4n) is 3.37. The number of carbonyl (C=O) groups is 1. The van der Waals surface area contributed by atoms with E-state index in [0.717, 1.165) is 26.2 Å². The van der Waals surface area contributed by atoms with E-state index in [4.69, 9.17) is 0 Å². The van der Waals surface area contributed by atoms with E-state index in [1.807, 2.05) is 6.92 Å². The molecule has 8 heteroatoms. The van der Waals surface area contributed by atoms with Crippen LogP contribution in [-0.2, 0) is 0 Å². The van der Waals surface area contributed by atoms with Gasteiger partial charge in [0.1, 0.15) is 0 Å². The van der Waals surface area contributed by atoms with Gasteiger partial charge in [0, 0.05) is 58.0 Å². The maximum Gasteiger partial charge on any atom is 0.257 e. The Bertz CT molecular complexity index is 618. The molecule has 0 spiro atoms. The number of piperazine rings is 1.